The molecule has 112 valence electrons. The number of hydrogen-bond donors (Lipinski definition) is 2. The third kappa shape index (κ3) is 4.81. The zero-order valence-corrected chi connectivity index (χ0v) is 11.6. The van der Waals surface area contributed by atoms with Gasteiger partial charge in [0.1, 0.15) is 6.61 Å². The van der Waals surface area contributed by atoms with Gasteiger partial charge in [0.15, 0.2) is 0 Å². The second-order valence-electron chi connectivity index (χ2n) is 5.43. The summed E-state index contributed by atoms with van der Waals surface area (Å²) in [5, 5.41) is 11.4. The third-order valence-electron chi connectivity index (χ3n) is 3.72. The summed E-state index contributed by atoms with van der Waals surface area (Å²) in [5.41, 5.74) is 1.28. The molecule has 0 spiro atoms. The van der Waals surface area contributed by atoms with Crippen molar-refractivity contribution in [2.45, 2.75) is 31.4 Å². The molecule has 1 aliphatic rings. The van der Waals surface area contributed by atoms with Crippen molar-refractivity contribution < 1.29 is 13.9 Å². The Hall–Kier alpha value is -1.04. The van der Waals surface area contributed by atoms with Gasteiger partial charge >= 0.3 is 0 Å². The van der Waals surface area contributed by atoms with Crippen LogP contribution in [0.5, 0.6) is 0 Å². The van der Waals surface area contributed by atoms with Crippen LogP contribution in [0.15, 0.2) is 30.3 Å². The van der Waals surface area contributed by atoms with Crippen molar-refractivity contribution in [1.29, 1.82) is 0 Å². The molecule has 0 amide bonds. The lowest BCUT2D eigenvalue weighted by molar-refractivity contribution is -0.0504. The molecule has 3 nitrogen and oxygen atoms in total. The van der Waals surface area contributed by atoms with E-state index in [1.54, 1.807) is 0 Å². The van der Waals surface area contributed by atoms with E-state index in [-0.39, 0.29) is 6.04 Å². The van der Waals surface area contributed by atoms with Crippen LogP contribution in [0.2, 0.25) is 0 Å². The van der Waals surface area contributed by atoms with Gasteiger partial charge in [-0.15, -0.1) is 0 Å². The molecule has 1 fully saturated rings. The highest BCUT2D eigenvalue weighted by atomic mass is 19.3. The first-order valence-corrected chi connectivity index (χ1v) is 7.07. The first-order chi connectivity index (χ1) is 9.59. The van der Waals surface area contributed by atoms with Gasteiger partial charge in [0.05, 0.1) is 6.54 Å². The molecule has 20 heavy (non-hydrogen) atoms. The van der Waals surface area contributed by atoms with Crippen molar-refractivity contribution in [3.63, 3.8) is 0 Å². The van der Waals surface area contributed by atoms with E-state index in [9.17, 15) is 8.78 Å². The maximum atomic E-state index is 12.9. The van der Waals surface area contributed by atoms with Crippen LogP contribution in [0.25, 0.3) is 0 Å². The molecule has 2 N–H and O–H groups in total. The Labute approximate surface area is 118 Å². The van der Waals surface area contributed by atoms with Crippen LogP contribution >= 0.6 is 0 Å². The number of alkyl halides is 2. The van der Waals surface area contributed by atoms with E-state index < -0.39 is 19.1 Å². The molecule has 0 radical (unpaired) electrons. The smallest absolute Gasteiger partial charge is 0.282 e. The molecule has 1 heterocycles. The fraction of sp³-hybridized carbons (Fsp3) is 0.600. The van der Waals surface area contributed by atoms with Gasteiger partial charge in [-0.05, 0) is 31.5 Å². The van der Waals surface area contributed by atoms with Gasteiger partial charge in [-0.25, -0.2) is 8.78 Å². The minimum absolute atomic E-state index is 0.124. The van der Waals surface area contributed by atoms with Crippen LogP contribution in [0.4, 0.5) is 8.78 Å². The minimum Gasteiger partial charge on any atom is -0.390 e. The van der Waals surface area contributed by atoms with Crippen LogP contribution in [-0.2, 0) is 6.54 Å². The van der Waals surface area contributed by atoms with Gasteiger partial charge < -0.3 is 10.4 Å². The molecule has 1 aliphatic heterocycles. The number of nitrogens with one attached hydrogen (secondary N) is 1. The molecule has 2 rings (SSSR count). The van der Waals surface area contributed by atoms with Crippen LogP contribution in [0, 0.1) is 0 Å². The molecular weight excluding hydrogens is 262 g/mol. The molecule has 1 aromatic rings. The second-order valence-corrected chi connectivity index (χ2v) is 5.43. The summed E-state index contributed by atoms with van der Waals surface area (Å²) >= 11 is 0. The predicted molar refractivity (Wildman–Crippen MR) is 74.8 cm³/mol. The van der Waals surface area contributed by atoms with E-state index in [2.05, 4.69) is 22.3 Å². The Morgan fingerprint density at radius 1 is 1.20 bits per heavy atom. The number of halogens is 2. The fourth-order valence-corrected chi connectivity index (χ4v) is 2.49. The van der Waals surface area contributed by atoms with Crippen LogP contribution in [0.3, 0.4) is 0 Å². The topological polar surface area (TPSA) is 35.5 Å². The SMILES string of the molecule is OCC(F)(F)CNC1CCN(Cc2ccccc2)CC1. The summed E-state index contributed by atoms with van der Waals surface area (Å²) in [6, 6.07) is 10.4. The number of aliphatic hydroxyl groups excluding tert-OH is 1. The Morgan fingerprint density at radius 2 is 1.85 bits per heavy atom. The van der Waals surface area contributed by atoms with Gasteiger partial charge in [-0.3, -0.25) is 4.90 Å². The summed E-state index contributed by atoms with van der Waals surface area (Å²) in [5.74, 6) is -3.01. The van der Waals surface area contributed by atoms with E-state index >= 15 is 0 Å². The first kappa shape index (κ1) is 15.4. The average Bonchev–Trinajstić information content (AvgIpc) is 2.48. The van der Waals surface area contributed by atoms with Gasteiger partial charge in [0.25, 0.3) is 5.92 Å². The van der Waals surface area contributed by atoms with E-state index in [1.807, 2.05) is 18.2 Å². The molecule has 0 bridgehead atoms. The van der Waals surface area contributed by atoms with Gasteiger partial charge in [-0.1, -0.05) is 30.3 Å². The largest absolute Gasteiger partial charge is 0.390 e. The number of hydrogen-bond acceptors (Lipinski definition) is 3. The van der Waals surface area contributed by atoms with Crippen molar-refractivity contribution >= 4 is 0 Å². The lowest BCUT2D eigenvalue weighted by Crippen LogP contribution is -2.46. The number of likely N-dealkylation sites (tertiary alicyclic amines) is 1. The lowest BCUT2D eigenvalue weighted by atomic mass is 10.0. The fourth-order valence-electron chi connectivity index (χ4n) is 2.49. The second kappa shape index (κ2) is 7.11. The Balaban J connectivity index is 1.70. The highest BCUT2D eigenvalue weighted by Crippen LogP contribution is 2.16. The van der Waals surface area contributed by atoms with E-state index in [0.29, 0.717) is 0 Å². The Bertz CT molecular complexity index is 392. The summed E-state index contributed by atoms with van der Waals surface area (Å²) in [6.07, 6.45) is 1.74. The van der Waals surface area contributed by atoms with Crippen LogP contribution in [-0.4, -0.2) is 48.2 Å². The quantitative estimate of drug-likeness (QED) is 0.837. The normalized spacial score (nSPS) is 18.4. The molecule has 0 aliphatic carbocycles. The Kier molecular flexibility index (Phi) is 5.46. The van der Waals surface area contributed by atoms with E-state index in [0.717, 1.165) is 32.5 Å². The molecule has 1 aromatic carbocycles. The zero-order chi connectivity index (χ0) is 14.4. The Morgan fingerprint density at radius 3 is 2.45 bits per heavy atom. The van der Waals surface area contributed by atoms with Crippen LogP contribution in [0.1, 0.15) is 18.4 Å². The standard InChI is InChI=1S/C15H22F2N2O/c16-15(17,12-20)11-18-14-6-8-19(9-7-14)10-13-4-2-1-3-5-13/h1-5,14,18,20H,6-12H2. The highest BCUT2D eigenvalue weighted by molar-refractivity contribution is 5.14. The highest BCUT2D eigenvalue weighted by Gasteiger charge is 2.29. The maximum absolute atomic E-state index is 12.9. The molecule has 5 heteroatoms. The molecule has 0 unspecified atom stereocenters. The molecule has 0 saturated carbocycles. The zero-order valence-electron chi connectivity index (χ0n) is 11.6. The first-order valence-electron chi connectivity index (χ1n) is 7.07. The monoisotopic (exact) mass is 284 g/mol. The number of aliphatic hydroxyl groups is 1. The number of nitrogens with zero attached hydrogens (tertiary/aromatic N) is 1. The molecule has 0 atom stereocenters. The van der Waals surface area contributed by atoms with Gasteiger partial charge in [0, 0.05) is 12.6 Å². The van der Waals surface area contributed by atoms with Crippen molar-refractivity contribution in [3.05, 3.63) is 35.9 Å². The number of rotatable bonds is 6. The van der Waals surface area contributed by atoms with Gasteiger partial charge in [0.2, 0.25) is 0 Å². The van der Waals surface area contributed by atoms with Crippen molar-refractivity contribution in [1.82, 2.24) is 10.2 Å². The number of piperidine rings is 1. The molecule has 0 aromatic heterocycles. The number of benzene rings is 1. The van der Waals surface area contributed by atoms with Gasteiger partial charge in [-0.2, -0.15) is 0 Å². The van der Waals surface area contributed by atoms with Crippen molar-refractivity contribution in [2.75, 3.05) is 26.2 Å². The predicted octanol–water partition coefficient (Wildman–Crippen LogP) is 1.87. The lowest BCUT2D eigenvalue weighted by Gasteiger charge is -2.33. The van der Waals surface area contributed by atoms with E-state index in [4.69, 9.17) is 5.11 Å². The minimum atomic E-state index is -3.01. The van der Waals surface area contributed by atoms with Crippen molar-refractivity contribution in [2.24, 2.45) is 0 Å². The summed E-state index contributed by atoms with van der Waals surface area (Å²) in [4.78, 5) is 2.34. The summed E-state index contributed by atoms with van der Waals surface area (Å²) < 4.78 is 25.9. The molecular formula is C15H22F2N2O. The molecule has 1 saturated heterocycles. The summed E-state index contributed by atoms with van der Waals surface area (Å²) in [7, 11) is 0. The third-order valence-corrected chi connectivity index (χ3v) is 3.72. The van der Waals surface area contributed by atoms with E-state index in [1.165, 1.54) is 5.56 Å². The summed E-state index contributed by atoms with van der Waals surface area (Å²) in [6.45, 7) is 1.22. The average molecular weight is 284 g/mol. The maximum Gasteiger partial charge on any atom is 0.282 e. The van der Waals surface area contributed by atoms with Crippen molar-refractivity contribution in [3.8, 4) is 0 Å². The van der Waals surface area contributed by atoms with Crippen LogP contribution < -0.4 is 5.32 Å².